The zero-order valence-corrected chi connectivity index (χ0v) is 34.0. The SMILES string of the molecule is CCC/C=C\CCCCCCCC(=O)OC(CCCCC/C=C\CCCCC)CC(=O)NC(CO)C(O)CCCCCCCCCCCCCC. The van der Waals surface area contributed by atoms with Crippen LogP contribution in [-0.2, 0) is 14.3 Å². The van der Waals surface area contributed by atoms with Gasteiger partial charge in [-0.2, -0.15) is 0 Å². The van der Waals surface area contributed by atoms with Gasteiger partial charge in [0.1, 0.15) is 6.10 Å². The summed E-state index contributed by atoms with van der Waals surface area (Å²) in [4.78, 5) is 25.9. The molecule has 0 aliphatic carbocycles. The molecule has 0 saturated heterocycles. The Bertz CT molecular complexity index is 812. The van der Waals surface area contributed by atoms with Crippen molar-refractivity contribution in [3.63, 3.8) is 0 Å². The number of amides is 1. The molecule has 0 spiro atoms. The second kappa shape index (κ2) is 39.5. The van der Waals surface area contributed by atoms with Crippen LogP contribution in [-0.4, -0.2) is 46.9 Å². The lowest BCUT2D eigenvalue weighted by molar-refractivity contribution is -0.151. The number of aliphatic hydroxyl groups excluding tert-OH is 2. The van der Waals surface area contributed by atoms with Crippen molar-refractivity contribution in [2.75, 3.05) is 6.61 Å². The lowest BCUT2D eigenvalue weighted by atomic mass is 10.0. The van der Waals surface area contributed by atoms with E-state index >= 15 is 0 Å². The maximum absolute atomic E-state index is 13.1. The van der Waals surface area contributed by atoms with Crippen LogP contribution in [0.3, 0.4) is 0 Å². The van der Waals surface area contributed by atoms with E-state index in [2.05, 4.69) is 50.4 Å². The molecule has 3 N–H and O–H groups in total. The quantitative estimate of drug-likeness (QED) is 0.0334. The van der Waals surface area contributed by atoms with E-state index in [1.807, 2.05) is 0 Å². The minimum Gasteiger partial charge on any atom is -0.462 e. The predicted molar refractivity (Wildman–Crippen MR) is 218 cm³/mol. The van der Waals surface area contributed by atoms with Crippen LogP contribution in [0.2, 0.25) is 0 Å². The van der Waals surface area contributed by atoms with Gasteiger partial charge in [-0.1, -0.05) is 167 Å². The monoisotopic (exact) mass is 720 g/mol. The number of rotatable bonds is 39. The molecule has 300 valence electrons. The number of esters is 1. The van der Waals surface area contributed by atoms with Gasteiger partial charge in [0.25, 0.3) is 0 Å². The summed E-state index contributed by atoms with van der Waals surface area (Å²) in [5, 5.41) is 23.6. The molecule has 6 nitrogen and oxygen atoms in total. The summed E-state index contributed by atoms with van der Waals surface area (Å²) in [6.45, 7) is 6.37. The summed E-state index contributed by atoms with van der Waals surface area (Å²) >= 11 is 0. The van der Waals surface area contributed by atoms with Crippen molar-refractivity contribution in [2.45, 2.75) is 244 Å². The Labute approximate surface area is 316 Å². The third kappa shape index (κ3) is 35.2. The highest BCUT2D eigenvalue weighted by Gasteiger charge is 2.24. The van der Waals surface area contributed by atoms with E-state index in [9.17, 15) is 19.8 Å². The van der Waals surface area contributed by atoms with Crippen LogP contribution in [0.5, 0.6) is 0 Å². The van der Waals surface area contributed by atoms with Gasteiger partial charge in [0.15, 0.2) is 0 Å². The highest BCUT2D eigenvalue weighted by atomic mass is 16.5. The van der Waals surface area contributed by atoms with Crippen LogP contribution in [0.4, 0.5) is 0 Å². The van der Waals surface area contributed by atoms with Crippen molar-refractivity contribution in [1.29, 1.82) is 0 Å². The number of aliphatic hydroxyl groups is 2. The van der Waals surface area contributed by atoms with Gasteiger partial charge in [0, 0.05) is 6.42 Å². The van der Waals surface area contributed by atoms with Gasteiger partial charge in [-0.3, -0.25) is 9.59 Å². The Morgan fingerprint density at radius 3 is 1.53 bits per heavy atom. The summed E-state index contributed by atoms with van der Waals surface area (Å²) in [5.74, 6) is -0.500. The summed E-state index contributed by atoms with van der Waals surface area (Å²) in [6.07, 6.45) is 42.4. The standard InChI is InChI=1S/C45H85NO5/c1-4-7-10-13-16-19-22-23-25-28-31-34-37-43(48)42(40-47)46-44(49)39-41(36-33-30-27-24-20-17-14-11-8-5-2)51-45(50)38-35-32-29-26-21-18-15-12-9-6-3/h12,15,17,20,41-43,47-48H,4-11,13-14,16,18-19,21-40H2,1-3H3,(H,46,49)/b15-12-,20-17-. The predicted octanol–water partition coefficient (Wildman–Crippen LogP) is 12.4. The molecule has 0 aromatic carbocycles. The maximum atomic E-state index is 13.1. The number of nitrogens with one attached hydrogen (secondary N) is 1. The van der Waals surface area contributed by atoms with E-state index in [1.165, 1.54) is 96.3 Å². The molecule has 6 heteroatoms. The molecule has 3 atom stereocenters. The molecule has 0 rings (SSSR count). The fourth-order valence-electron chi connectivity index (χ4n) is 6.60. The average molecular weight is 720 g/mol. The highest BCUT2D eigenvalue weighted by Crippen LogP contribution is 2.17. The molecular formula is C45H85NO5. The lowest BCUT2D eigenvalue weighted by Gasteiger charge is -2.24. The highest BCUT2D eigenvalue weighted by molar-refractivity contribution is 5.77. The van der Waals surface area contributed by atoms with Gasteiger partial charge >= 0.3 is 5.97 Å². The van der Waals surface area contributed by atoms with Gasteiger partial charge in [-0.15, -0.1) is 0 Å². The van der Waals surface area contributed by atoms with Crippen LogP contribution in [0.15, 0.2) is 24.3 Å². The van der Waals surface area contributed by atoms with Crippen LogP contribution in [0.25, 0.3) is 0 Å². The Balaban J connectivity index is 4.57. The van der Waals surface area contributed by atoms with E-state index in [0.29, 0.717) is 19.3 Å². The number of unbranched alkanes of at least 4 members (excludes halogenated alkanes) is 23. The van der Waals surface area contributed by atoms with E-state index in [-0.39, 0.29) is 24.9 Å². The Morgan fingerprint density at radius 2 is 0.980 bits per heavy atom. The fraction of sp³-hybridized carbons (Fsp3) is 0.867. The molecule has 0 aromatic heterocycles. The van der Waals surface area contributed by atoms with E-state index in [4.69, 9.17) is 4.74 Å². The number of carbonyl (C=O) groups excluding carboxylic acids is 2. The second-order valence-corrected chi connectivity index (χ2v) is 15.1. The fourth-order valence-corrected chi connectivity index (χ4v) is 6.60. The normalized spacial score (nSPS) is 13.6. The second-order valence-electron chi connectivity index (χ2n) is 15.1. The molecule has 3 unspecified atom stereocenters. The van der Waals surface area contributed by atoms with Gasteiger partial charge in [-0.05, 0) is 70.6 Å². The molecular weight excluding hydrogens is 634 g/mol. The first-order valence-corrected chi connectivity index (χ1v) is 22.1. The van der Waals surface area contributed by atoms with Crippen molar-refractivity contribution >= 4 is 11.9 Å². The van der Waals surface area contributed by atoms with Gasteiger partial charge in [-0.25, -0.2) is 0 Å². The molecule has 0 aliphatic rings. The molecule has 1 amide bonds. The zero-order chi connectivity index (χ0) is 37.5. The molecule has 51 heavy (non-hydrogen) atoms. The van der Waals surface area contributed by atoms with Crippen LogP contribution >= 0.6 is 0 Å². The van der Waals surface area contributed by atoms with Crippen molar-refractivity contribution in [2.24, 2.45) is 0 Å². The molecule has 0 fully saturated rings. The first kappa shape index (κ1) is 49.3. The third-order valence-electron chi connectivity index (χ3n) is 9.98. The van der Waals surface area contributed by atoms with Gasteiger partial charge in [0.2, 0.25) is 5.91 Å². The van der Waals surface area contributed by atoms with Gasteiger partial charge in [0.05, 0.1) is 25.2 Å². The number of carbonyl (C=O) groups is 2. The zero-order valence-electron chi connectivity index (χ0n) is 34.0. The number of allylic oxidation sites excluding steroid dienone is 4. The van der Waals surface area contributed by atoms with Crippen molar-refractivity contribution in [3.05, 3.63) is 24.3 Å². The maximum Gasteiger partial charge on any atom is 0.306 e. The summed E-state index contributed by atoms with van der Waals surface area (Å²) in [6, 6.07) is -0.701. The van der Waals surface area contributed by atoms with Crippen molar-refractivity contribution in [3.8, 4) is 0 Å². The molecule has 0 aliphatic heterocycles. The Hall–Kier alpha value is -1.66. The van der Waals surface area contributed by atoms with Crippen molar-refractivity contribution < 1.29 is 24.5 Å². The molecule has 0 saturated carbocycles. The average Bonchev–Trinajstić information content (AvgIpc) is 3.12. The van der Waals surface area contributed by atoms with Crippen LogP contribution < -0.4 is 5.32 Å². The third-order valence-corrected chi connectivity index (χ3v) is 9.98. The number of hydrogen-bond acceptors (Lipinski definition) is 5. The molecule has 0 radical (unpaired) electrons. The number of hydrogen-bond donors (Lipinski definition) is 3. The largest absolute Gasteiger partial charge is 0.462 e. The van der Waals surface area contributed by atoms with E-state index in [1.54, 1.807) is 0 Å². The molecule has 0 bridgehead atoms. The number of ether oxygens (including phenoxy) is 1. The molecule has 0 heterocycles. The summed E-state index contributed by atoms with van der Waals surface area (Å²) in [5.41, 5.74) is 0. The lowest BCUT2D eigenvalue weighted by Crippen LogP contribution is -2.46. The minimum absolute atomic E-state index is 0.0659. The smallest absolute Gasteiger partial charge is 0.306 e. The molecule has 0 aromatic rings. The topological polar surface area (TPSA) is 95.9 Å². The first-order chi connectivity index (χ1) is 25.0. The Morgan fingerprint density at radius 1 is 0.549 bits per heavy atom. The van der Waals surface area contributed by atoms with E-state index < -0.39 is 18.2 Å². The van der Waals surface area contributed by atoms with Crippen LogP contribution in [0, 0.1) is 0 Å². The minimum atomic E-state index is -0.787. The van der Waals surface area contributed by atoms with Gasteiger partial charge < -0.3 is 20.3 Å². The Kier molecular flexibility index (Phi) is 38.3. The van der Waals surface area contributed by atoms with Crippen LogP contribution in [0.1, 0.15) is 226 Å². The summed E-state index contributed by atoms with van der Waals surface area (Å²) in [7, 11) is 0. The first-order valence-electron chi connectivity index (χ1n) is 22.1. The summed E-state index contributed by atoms with van der Waals surface area (Å²) < 4.78 is 5.86. The van der Waals surface area contributed by atoms with E-state index in [0.717, 1.165) is 83.5 Å². The van der Waals surface area contributed by atoms with Crippen molar-refractivity contribution in [1.82, 2.24) is 5.32 Å².